The Morgan fingerprint density at radius 3 is 1.92 bits per heavy atom. The van der Waals surface area contributed by atoms with Gasteiger partial charge in [-0.1, -0.05) is 24.3 Å². The summed E-state index contributed by atoms with van der Waals surface area (Å²) in [5.74, 6) is 0.0266. The quantitative estimate of drug-likeness (QED) is 0.707. The molecule has 146 valence electrons. The Hall–Kier alpha value is -1.47. The molecule has 1 aromatic carbocycles. The summed E-state index contributed by atoms with van der Waals surface area (Å²) >= 11 is 0. The van der Waals surface area contributed by atoms with Gasteiger partial charge in [0.25, 0.3) is 0 Å². The molecule has 0 N–H and O–H groups in total. The minimum Gasteiger partial charge on any atom is -0.377 e. The van der Waals surface area contributed by atoms with Gasteiger partial charge in [-0.3, -0.25) is 4.79 Å². The Morgan fingerprint density at radius 2 is 1.46 bits per heavy atom. The lowest BCUT2D eigenvalue weighted by atomic mass is 10.1. The zero-order valence-corrected chi connectivity index (χ0v) is 16.1. The lowest BCUT2D eigenvalue weighted by molar-refractivity contribution is -0.130. The number of ether oxygens (including phenoxy) is 4. The molecule has 0 aliphatic carbocycles. The zero-order chi connectivity index (χ0) is 18.8. The van der Waals surface area contributed by atoms with Crippen molar-refractivity contribution in [1.82, 2.24) is 4.90 Å². The summed E-state index contributed by atoms with van der Waals surface area (Å²) in [6.07, 6.45) is -0.0224. The standard InChI is InChI=1S/C20H31NO5/c1-16-12-23-9-7-21(18(3)22)8-10-24-13-17(2)26-15-20-6-4-5-19(11-20)14-25-16/h4-6,11,16-17H,7-10,12-15H2,1-3H3/t16-,17-/m0/s1. The van der Waals surface area contributed by atoms with Crippen LogP contribution in [0.25, 0.3) is 0 Å². The number of hydrogen-bond donors (Lipinski definition) is 0. The summed E-state index contributed by atoms with van der Waals surface area (Å²) in [7, 11) is 0. The minimum atomic E-state index is -0.0112. The first kappa shape index (κ1) is 20.8. The molecular weight excluding hydrogens is 334 g/mol. The lowest BCUT2D eigenvalue weighted by Crippen LogP contribution is -2.36. The highest BCUT2D eigenvalue weighted by Gasteiger charge is 2.11. The first-order valence-electron chi connectivity index (χ1n) is 9.26. The van der Waals surface area contributed by atoms with E-state index in [0.29, 0.717) is 52.7 Å². The van der Waals surface area contributed by atoms with E-state index in [2.05, 4.69) is 6.07 Å². The molecule has 1 aromatic rings. The van der Waals surface area contributed by atoms with Crippen molar-refractivity contribution in [3.8, 4) is 0 Å². The predicted molar refractivity (Wildman–Crippen MR) is 98.8 cm³/mol. The fourth-order valence-electron chi connectivity index (χ4n) is 2.66. The number of hydrogen-bond acceptors (Lipinski definition) is 5. The molecule has 26 heavy (non-hydrogen) atoms. The molecule has 1 heterocycles. The van der Waals surface area contributed by atoms with Crippen LogP contribution in [0.4, 0.5) is 0 Å². The third-order valence-corrected chi connectivity index (χ3v) is 4.22. The van der Waals surface area contributed by atoms with E-state index < -0.39 is 0 Å². The van der Waals surface area contributed by atoms with Gasteiger partial charge in [0.2, 0.25) is 5.91 Å². The second-order valence-corrected chi connectivity index (χ2v) is 6.72. The SMILES string of the molecule is CC(=O)N1CCOC[C@H](C)OCc2cccc(c2)CO[C@@H](C)COCC1. The number of carbonyl (C=O) groups is 1. The number of amides is 1. The van der Waals surface area contributed by atoms with E-state index in [9.17, 15) is 4.79 Å². The van der Waals surface area contributed by atoms with Gasteiger partial charge in [-0.05, 0) is 25.0 Å². The number of rotatable bonds is 0. The Kier molecular flexibility index (Phi) is 9.05. The summed E-state index contributed by atoms with van der Waals surface area (Å²) in [4.78, 5) is 13.5. The summed E-state index contributed by atoms with van der Waals surface area (Å²) < 4.78 is 23.0. The molecule has 1 amide bonds. The Balaban J connectivity index is 1.95. The van der Waals surface area contributed by atoms with Crippen molar-refractivity contribution in [2.45, 2.75) is 46.2 Å². The minimum absolute atomic E-state index is 0.0112. The maximum atomic E-state index is 11.7. The van der Waals surface area contributed by atoms with E-state index in [0.717, 1.165) is 11.1 Å². The van der Waals surface area contributed by atoms with Crippen LogP contribution in [-0.2, 0) is 37.0 Å². The molecule has 0 saturated carbocycles. The smallest absolute Gasteiger partial charge is 0.219 e. The zero-order valence-electron chi connectivity index (χ0n) is 16.1. The van der Waals surface area contributed by atoms with Crippen molar-refractivity contribution in [1.29, 1.82) is 0 Å². The summed E-state index contributed by atoms with van der Waals surface area (Å²) in [5.41, 5.74) is 2.23. The molecule has 0 saturated heterocycles. The maximum absolute atomic E-state index is 11.7. The first-order valence-corrected chi connectivity index (χ1v) is 9.26. The molecule has 6 nitrogen and oxygen atoms in total. The Morgan fingerprint density at radius 1 is 0.962 bits per heavy atom. The predicted octanol–water partition coefficient (Wildman–Crippen LogP) is 2.39. The Labute approximate surface area is 156 Å². The molecule has 2 atom stereocenters. The second kappa shape index (κ2) is 11.3. The van der Waals surface area contributed by atoms with Crippen LogP contribution in [0.15, 0.2) is 24.3 Å². The molecule has 0 aromatic heterocycles. The highest BCUT2D eigenvalue weighted by Crippen LogP contribution is 2.11. The van der Waals surface area contributed by atoms with Crippen molar-refractivity contribution in [3.05, 3.63) is 35.4 Å². The van der Waals surface area contributed by atoms with Gasteiger partial charge in [-0.15, -0.1) is 0 Å². The molecule has 1 aliphatic rings. The largest absolute Gasteiger partial charge is 0.377 e. The van der Waals surface area contributed by atoms with Gasteiger partial charge in [-0.2, -0.15) is 0 Å². The van der Waals surface area contributed by atoms with Crippen LogP contribution in [0.1, 0.15) is 31.9 Å². The van der Waals surface area contributed by atoms with Gasteiger partial charge in [0.15, 0.2) is 0 Å². The van der Waals surface area contributed by atoms with Gasteiger partial charge < -0.3 is 23.8 Å². The van der Waals surface area contributed by atoms with E-state index in [1.807, 2.05) is 32.0 Å². The molecule has 6 heteroatoms. The topological polar surface area (TPSA) is 57.2 Å². The second-order valence-electron chi connectivity index (χ2n) is 6.72. The van der Waals surface area contributed by atoms with Crippen LogP contribution >= 0.6 is 0 Å². The van der Waals surface area contributed by atoms with Crippen LogP contribution in [0.5, 0.6) is 0 Å². The Bertz CT molecular complexity index is 514. The van der Waals surface area contributed by atoms with Crippen LogP contribution in [0.3, 0.4) is 0 Å². The van der Waals surface area contributed by atoms with Crippen LogP contribution in [0.2, 0.25) is 0 Å². The van der Waals surface area contributed by atoms with E-state index in [1.165, 1.54) is 0 Å². The summed E-state index contributed by atoms with van der Waals surface area (Å²) in [6, 6.07) is 8.22. The highest BCUT2D eigenvalue weighted by molar-refractivity contribution is 5.73. The van der Waals surface area contributed by atoms with Crippen molar-refractivity contribution in [2.24, 2.45) is 0 Å². The highest BCUT2D eigenvalue weighted by atomic mass is 16.5. The average molecular weight is 365 g/mol. The monoisotopic (exact) mass is 365 g/mol. The van der Waals surface area contributed by atoms with Crippen LogP contribution in [-0.4, -0.2) is 62.5 Å². The first-order chi connectivity index (χ1) is 12.5. The van der Waals surface area contributed by atoms with Crippen molar-refractivity contribution in [2.75, 3.05) is 39.5 Å². The normalized spacial score (nSPS) is 24.5. The molecule has 1 aliphatic heterocycles. The van der Waals surface area contributed by atoms with E-state index in [-0.39, 0.29) is 18.1 Å². The van der Waals surface area contributed by atoms with Crippen molar-refractivity contribution < 1.29 is 23.7 Å². The number of carbonyl (C=O) groups excluding carboxylic acids is 1. The summed E-state index contributed by atoms with van der Waals surface area (Å²) in [5, 5.41) is 0. The fourth-order valence-corrected chi connectivity index (χ4v) is 2.66. The lowest BCUT2D eigenvalue weighted by Gasteiger charge is -2.22. The molecular formula is C20H31NO5. The van der Waals surface area contributed by atoms with Crippen molar-refractivity contribution >= 4 is 5.91 Å². The average Bonchev–Trinajstić information content (AvgIpc) is 2.62. The molecule has 2 rings (SSSR count). The summed E-state index contributed by atoms with van der Waals surface area (Å²) in [6.45, 7) is 9.71. The van der Waals surface area contributed by atoms with Gasteiger partial charge in [0, 0.05) is 20.0 Å². The number of benzene rings is 1. The van der Waals surface area contributed by atoms with E-state index in [4.69, 9.17) is 18.9 Å². The fraction of sp³-hybridized carbons (Fsp3) is 0.650. The third kappa shape index (κ3) is 7.83. The third-order valence-electron chi connectivity index (χ3n) is 4.22. The van der Waals surface area contributed by atoms with E-state index >= 15 is 0 Å². The maximum Gasteiger partial charge on any atom is 0.219 e. The van der Waals surface area contributed by atoms with Gasteiger partial charge >= 0.3 is 0 Å². The molecule has 0 fully saturated rings. The molecule has 2 bridgehead atoms. The number of nitrogens with zero attached hydrogens (tertiary/aromatic N) is 1. The van der Waals surface area contributed by atoms with Crippen LogP contribution in [0, 0.1) is 0 Å². The van der Waals surface area contributed by atoms with E-state index in [1.54, 1.807) is 11.8 Å². The van der Waals surface area contributed by atoms with Gasteiger partial charge in [0.1, 0.15) is 0 Å². The van der Waals surface area contributed by atoms with Gasteiger partial charge in [0.05, 0.1) is 51.8 Å². The molecule has 0 radical (unpaired) electrons. The molecule has 0 spiro atoms. The van der Waals surface area contributed by atoms with Crippen LogP contribution < -0.4 is 0 Å². The van der Waals surface area contributed by atoms with Crippen molar-refractivity contribution in [3.63, 3.8) is 0 Å². The van der Waals surface area contributed by atoms with Gasteiger partial charge in [-0.25, -0.2) is 0 Å². The number of fused-ring (bicyclic) bond motifs is 2. The molecule has 0 unspecified atom stereocenters.